The smallest absolute Gasteiger partial charge is 0.387 e. The zero-order chi connectivity index (χ0) is 27.1. The number of carbonyl (C=O) groups excluding carboxylic acids is 1. The Balaban J connectivity index is 1.30. The van der Waals surface area contributed by atoms with Gasteiger partial charge in [-0.1, -0.05) is 0 Å². The van der Waals surface area contributed by atoms with Crippen LogP contribution in [0.25, 0.3) is 16.6 Å². The Labute approximate surface area is 223 Å². The number of amides is 1. The Morgan fingerprint density at radius 2 is 1.87 bits per heavy atom. The van der Waals surface area contributed by atoms with Crippen LogP contribution in [-0.4, -0.2) is 85.0 Å². The maximum absolute atomic E-state index is 13.4. The molecule has 206 valence electrons. The van der Waals surface area contributed by atoms with Gasteiger partial charge in [-0.15, -0.1) is 0 Å². The van der Waals surface area contributed by atoms with Gasteiger partial charge in [0.1, 0.15) is 17.6 Å². The first-order chi connectivity index (χ1) is 18.9. The van der Waals surface area contributed by atoms with Crippen LogP contribution in [0.5, 0.6) is 5.75 Å². The highest BCUT2D eigenvalue weighted by atomic mass is 19.3. The van der Waals surface area contributed by atoms with E-state index in [1.807, 2.05) is 19.2 Å². The third-order valence-electron chi connectivity index (χ3n) is 7.87. The van der Waals surface area contributed by atoms with Crippen molar-refractivity contribution >= 4 is 28.2 Å². The highest BCUT2D eigenvalue weighted by Gasteiger charge is 2.54. The number of ether oxygens (including phenoxy) is 2. The van der Waals surface area contributed by atoms with Gasteiger partial charge >= 0.3 is 6.61 Å². The van der Waals surface area contributed by atoms with Crippen LogP contribution in [0.3, 0.4) is 0 Å². The van der Waals surface area contributed by atoms with E-state index in [-0.39, 0.29) is 22.9 Å². The van der Waals surface area contributed by atoms with Crippen LogP contribution in [0.4, 0.5) is 20.2 Å². The number of hydrogen-bond acceptors (Lipinski definition) is 8. The van der Waals surface area contributed by atoms with Crippen LogP contribution in [0.1, 0.15) is 12.8 Å². The molecule has 1 aliphatic carbocycles. The van der Waals surface area contributed by atoms with E-state index in [4.69, 9.17) is 4.74 Å². The Kier molecular flexibility index (Phi) is 6.69. The summed E-state index contributed by atoms with van der Waals surface area (Å²) in [5, 5.41) is 6.46. The molecule has 10 nitrogen and oxygen atoms in total. The highest BCUT2D eigenvalue weighted by Crippen LogP contribution is 2.44. The lowest BCUT2D eigenvalue weighted by Crippen LogP contribution is -2.57. The van der Waals surface area contributed by atoms with Gasteiger partial charge in [-0.25, -0.2) is 4.98 Å². The standard InChI is InChI=1S/C27H30F2N6O4/c1-30-17-14-33(15-17)18-2-4-20-21(12-18)31-16-35(24(20)36)19-3-5-23(39-26(28)29)22(13-19)32-25(37)27(6-7-27)34-8-10-38-11-9-34/h2-5,12-13,16-17,26,30H,6-11,14-15H2,1H3,(H,32,37). The van der Waals surface area contributed by atoms with Crippen molar-refractivity contribution in [2.24, 2.45) is 0 Å². The fourth-order valence-corrected chi connectivity index (χ4v) is 5.36. The van der Waals surface area contributed by atoms with Gasteiger partial charge in [0.2, 0.25) is 5.91 Å². The number of anilines is 2. The van der Waals surface area contributed by atoms with E-state index in [0.717, 1.165) is 18.8 Å². The minimum atomic E-state index is -3.07. The second kappa shape index (κ2) is 10.2. The third-order valence-corrected chi connectivity index (χ3v) is 7.87. The molecule has 2 aliphatic heterocycles. The van der Waals surface area contributed by atoms with Gasteiger partial charge in [0.15, 0.2) is 0 Å². The fraction of sp³-hybridized carbons (Fsp3) is 0.444. The van der Waals surface area contributed by atoms with Crippen molar-refractivity contribution in [1.29, 1.82) is 0 Å². The number of halogens is 2. The number of hydrogen-bond donors (Lipinski definition) is 2. The van der Waals surface area contributed by atoms with E-state index >= 15 is 0 Å². The fourth-order valence-electron chi connectivity index (χ4n) is 5.36. The number of fused-ring (bicyclic) bond motifs is 1. The van der Waals surface area contributed by atoms with Crippen molar-refractivity contribution in [2.45, 2.75) is 31.0 Å². The molecule has 1 saturated carbocycles. The molecule has 2 saturated heterocycles. The summed E-state index contributed by atoms with van der Waals surface area (Å²) in [7, 11) is 1.93. The lowest BCUT2D eigenvalue weighted by atomic mass is 10.1. The normalized spacial score (nSPS) is 19.2. The average Bonchev–Trinajstić information content (AvgIpc) is 3.72. The van der Waals surface area contributed by atoms with Gasteiger partial charge < -0.3 is 25.0 Å². The van der Waals surface area contributed by atoms with Crippen LogP contribution in [0.15, 0.2) is 47.5 Å². The largest absolute Gasteiger partial charge is 0.433 e. The van der Waals surface area contributed by atoms with Crippen LogP contribution >= 0.6 is 0 Å². The van der Waals surface area contributed by atoms with Crippen molar-refractivity contribution < 1.29 is 23.0 Å². The van der Waals surface area contributed by atoms with Gasteiger partial charge in [0, 0.05) is 37.9 Å². The molecule has 39 heavy (non-hydrogen) atoms. The number of benzene rings is 2. The van der Waals surface area contributed by atoms with Crippen LogP contribution < -0.4 is 25.8 Å². The third kappa shape index (κ3) is 4.83. The van der Waals surface area contributed by atoms with Gasteiger partial charge in [-0.2, -0.15) is 8.78 Å². The topological polar surface area (TPSA) is 101 Å². The minimum absolute atomic E-state index is 0.0663. The molecule has 2 N–H and O–H groups in total. The molecular weight excluding hydrogens is 510 g/mol. The Hall–Kier alpha value is -3.61. The van der Waals surface area contributed by atoms with Crippen molar-refractivity contribution in [1.82, 2.24) is 19.8 Å². The molecule has 0 unspecified atom stereocenters. The molecule has 1 amide bonds. The van der Waals surface area contributed by atoms with Crippen molar-refractivity contribution in [2.75, 3.05) is 56.7 Å². The molecule has 3 aliphatic rings. The molecule has 12 heteroatoms. The van der Waals surface area contributed by atoms with Gasteiger partial charge in [-0.05, 0) is 56.3 Å². The molecular formula is C27H30F2N6O4. The number of rotatable bonds is 8. The lowest BCUT2D eigenvalue weighted by Gasteiger charge is -2.40. The molecule has 0 atom stereocenters. The molecule has 3 fully saturated rings. The summed E-state index contributed by atoms with van der Waals surface area (Å²) in [6.07, 6.45) is 2.75. The summed E-state index contributed by atoms with van der Waals surface area (Å²) in [6.45, 7) is 1.02. The molecule has 0 radical (unpaired) electrons. The predicted molar refractivity (Wildman–Crippen MR) is 142 cm³/mol. The van der Waals surface area contributed by atoms with Crippen molar-refractivity contribution in [3.63, 3.8) is 0 Å². The Morgan fingerprint density at radius 3 is 2.56 bits per heavy atom. The second-order valence-electron chi connectivity index (χ2n) is 10.2. The maximum atomic E-state index is 13.4. The lowest BCUT2D eigenvalue weighted by molar-refractivity contribution is -0.124. The Morgan fingerprint density at radius 1 is 1.13 bits per heavy atom. The van der Waals surface area contributed by atoms with E-state index in [1.165, 1.54) is 29.1 Å². The van der Waals surface area contributed by atoms with E-state index in [0.29, 0.717) is 61.8 Å². The first-order valence-corrected chi connectivity index (χ1v) is 13.0. The number of morpholine rings is 1. The molecule has 1 aromatic heterocycles. The van der Waals surface area contributed by atoms with Gasteiger partial charge in [0.25, 0.3) is 5.56 Å². The van der Waals surface area contributed by atoms with E-state index in [1.54, 1.807) is 6.07 Å². The molecule has 0 spiro atoms. The van der Waals surface area contributed by atoms with Gasteiger partial charge in [-0.3, -0.25) is 19.1 Å². The number of alkyl halides is 2. The number of likely N-dealkylation sites (N-methyl/N-ethyl adjacent to an activating group) is 1. The number of nitrogens with zero attached hydrogens (tertiary/aromatic N) is 4. The maximum Gasteiger partial charge on any atom is 0.387 e. The summed E-state index contributed by atoms with van der Waals surface area (Å²) < 4.78 is 37.8. The zero-order valence-electron chi connectivity index (χ0n) is 21.5. The van der Waals surface area contributed by atoms with Crippen molar-refractivity contribution in [3.8, 4) is 11.4 Å². The predicted octanol–water partition coefficient (Wildman–Crippen LogP) is 2.20. The van der Waals surface area contributed by atoms with Gasteiger partial charge in [0.05, 0.1) is 35.5 Å². The number of nitrogens with one attached hydrogen (secondary N) is 2. The van der Waals surface area contributed by atoms with Crippen LogP contribution in [-0.2, 0) is 9.53 Å². The number of aromatic nitrogens is 2. The average molecular weight is 541 g/mol. The Bertz CT molecular complexity index is 1450. The first-order valence-electron chi connectivity index (χ1n) is 13.0. The summed E-state index contributed by atoms with van der Waals surface area (Å²) in [5.41, 5.74) is 0.989. The molecule has 3 heterocycles. The molecule has 2 aromatic carbocycles. The first kappa shape index (κ1) is 25.7. The summed E-state index contributed by atoms with van der Waals surface area (Å²) >= 11 is 0. The van der Waals surface area contributed by atoms with E-state index < -0.39 is 12.2 Å². The number of carbonyl (C=O) groups is 1. The molecule has 6 rings (SSSR count). The van der Waals surface area contributed by atoms with Crippen LogP contribution in [0, 0.1) is 0 Å². The van der Waals surface area contributed by atoms with E-state index in [9.17, 15) is 18.4 Å². The minimum Gasteiger partial charge on any atom is -0.433 e. The quantitative estimate of drug-likeness (QED) is 0.449. The SMILES string of the molecule is CNC1CN(c2ccc3c(=O)n(-c4ccc(OC(F)F)c(NC(=O)C5(N6CCOCC6)CC5)c4)cnc3c2)C1. The summed E-state index contributed by atoms with van der Waals surface area (Å²) in [5.74, 6) is -0.468. The van der Waals surface area contributed by atoms with Crippen LogP contribution in [0.2, 0.25) is 0 Å². The zero-order valence-corrected chi connectivity index (χ0v) is 21.5. The summed E-state index contributed by atoms with van der Waals surface area (Å²) in [6, 6.07) is 10.3. The highest BCUT2D eigenvalue weighted by molar-refractivity contribution is 6.01. The summed E-state index contributed by atoms with van der Waals surface area (Å²) in [4.78, 5) is 35.5. The monoisotopic (exact) mass is 540 g/mol. The molecule has 0 bridgehead atoms. The van der Waals surface area contributed by atoms with Crippen molar-refractivity contribution in [3.05, 3.63) is 53.1 Å². The van der Waals surface area contributed by atoms with E-state index in [2.05, 4.69) is 30.2 Å². The second-order valence-corrected chi connectivity index (χ2v) is 10.2. The molecule has 3 aromatic rings.